The summed E-state index contributed by atoms with van der Waals surface area (Å²) in [6, 6.07) is 16.2. The monoisotopic (exact) mass is 439 g/mol. The molecule has 2 aromatic carbocycles. The molecule has 31 heavy (non-hydrogen) atoms. The molecule has 0 radical (unpaired) electrons. The number of carbonyl (C=O) groups excluding carboxylic acids is 1. The molecule has 1 amide bonds. The lowest BCUT2D eigenvalue weighted by molar-refractivity contribution is -0.384. The zero-order valence-corrected chi connectivity index (χ0v) is 17.1. The highest BCUT2D eigenvalue weighted by atomic mass is 35.5. The zero-order valence-electron chi connectivity index (χ0n) is 16.3. The third-order valence-electron chi connectivity index (χ3n) is 5.06. The van der Waals surface area contributed by atoms with E-state index in [9.17, 15) is 19.7 Å². The van der Waals surface area contributed by atoms with Crippen LogP contribution in [0.2, 0.25) is 5.02 Å². The van der Waals surface area contributed by atoms with Crippen molar-refractivity contribution in [2.45, 2.75) is 0 Å². The molecule has 0 atom stereocenters. The van der Waals surface area contributed by atoms with Crippen LogP contribution in [-0.4, -0.2) is 51.7 Å². The largest absolute Gasteiger partial charge is 0.362 e. The number of nitro benzene ring substituents is 1. The minimum Gasteiger partial charge on any atom is -0.362 e. The Morgan fingerprint density at radius 1 is 1.00 bits per heavy atom. The van der Waals surface area contributed by atoms with Gasteiger partial charge in [0, 0.05) is 43.3 Å². The van der Waals surface area contributed by atoms with Crippen molar-refractivity contribution in [2.75, 3.05) is 31.1 Å². The summed E-state index contributed by atoms with van der Waals surface area (Å²) in [6.07, 6.45) is 0. The number of hydrogen-bond donors (Lipinski definition) is 0. The second-order valence-corrected chi connectivity index (χ2v) is 7.41. The van der Waals surface area contributed by atoms with Crippen molar-refractivity contribution in [2.24, 2.45) is 0 Å². The fourth-order valence-corrected chi connectivity index (χ4v) is 3.67. The number of carbonyl (C=O) groups is 1. The van der Waals surface area contributed by atoms with Crippen LogP contribution in [0.1, 0.15) is 10.5 Å². The second kappa shape index (κ2) is 8.57. The summed E-state index contributed by atoms with van der Waals surface area (Å²) >= 11 is 5.89. The van der Waals surface area contributed by atoms with Gasteiger partial charge in [0.25, 0.3) is 17.2 Å². The van der Waals surface area contributed by atoms with Crippen molar-refractivity contribution in [3.05, 3.63) is 91.8 Å². The number of halogens is 1. The van der Waals surface area contributed by atoms with E-state index in [2.05, 4.69) is 5.10 Å². The fraction of sp³-hybridized carbons (Fsp3) is 0.190. The molecule has 0 saturated carbocycles. The Labute approximate surface area is 182 Å². The predicted octanol–water partition coefficient (Wildman–Crippen LogP) is 2.76. The second-order valence-electron chi connectivity index (χ2n) is 6.97. The van der Waals surface area contributed by atoms with Crippen molar-refractivity contribution >= 4 is 28.9 Å². The number of anilines is 1. The molecule has 1 aromatic heterocycles. The zero-order chi connectivity index (χ0) is 22.0. The molecule has 1 aliphatic heterocycles. The van der Waals surface area contributed by atoms with Gasteiger partial charge in [-0.3, -0.25) is 19.7 Å². The Morgan fingerprint density at radius 3 is 2.39 bits per heavy atom. The molecule has 0 unspecified atom stereocenters. The summed E-state index contributed by atoms with van der Waals surface area (Å²) in [5, 5.41) is 15.9. The highest BCUT2D eigenvalue weighted by molar-refractivity contribution is 6.30. The van der Waals surface area contributed by atoms with Gasteiger partial charge in [0.05, 0.1) is 10.6 Å². The molecule has 1 saturated heterocycles. The normalized spacial score (nSPS) is 13.8. The smallest absolute Gasteiger partial charge is 0.294 e. The van der Waals surface area contributed by atoms with Gasteiger partial charge in [0.1, 0.15) is 11.4 Å². The van der Waals surface area contributed by atoms with Crippen LogP contribution in [-0.2, 0) is 0 Å². The number of amides is 1. The molecule has 158 valence electrons. The van der Waals surface area contributed by atoms with Crippen LogP contribution in [0.15, 0.2) is 65.5 Å². The number of rotatable bonds is 4. The van der Waals surface area contributed by atoms with E-state index < -0.39 is 4.92 Å². The Hall–Kier alpha value is -3.72. The first kappa shape index (κ1) is 20.5. The predicted molar refractivity (Wildman–Crippen MR) is 116 cm³/mol. The summed E-state index contributed by atoms with van der Waals surface area (Å²) < 4.78 is 1.19. The summed E-state index contributed by atoms with van der Waals surface area (Å²) in [4.78, 5) is 39.5. The molecule has 10 heteroatoms. The van der Waals surface area contributed by atoms with E-state index in [0.29, 0.717) is 42.6 Å². The molecule has 4 rings (SSSR count). The maximum atomic E-state index is 13.0. The molecule has 3 aromatic rings. The average molecular weight is 440 g/mol. The first-order chi connectivity index (χ1) is 14.9. The van der Waals surface area contributed by atoms with Crippen LogP contribution < -0.4 is 10.5 Å². The van der Waals surface area contributed by atoms with Crippen molar-refractivity contribution in [1.29, 1.82) is 0 Å². The van der Waals surface area contributed by atoms with Crippen molar-refractivity contribution in [1.82, 2.24) is 14.7 Å². The molecule has 0 aliphatic carbocycles. The summed E-state index contributed by atoms with van der Waals surface area (Å²) in [7, 11) is 0. The Kier molecular flexibility index (Phi) is 5.68. The molecule has 2 heterocycles. The highest BCUT2D eigenvalue weighted by Gasteiger charge is 2.27. The molecular formula is C21H18ClN5O4. The van der Waals surface area contributed by atoms with Gasteiger partial charge in [-0.25, -0.2) is 0 Å². The van der Waals surface area contributed by atoms with Crippen molar-refractivity contribution in [3.8, 4) is 5.69 Å². The van der Waals surface area contributed by atoms with Gasteiger partial charge in [-0.1, -0.05) is 29.8 Å². The van der Waals surface area contributed by atoms with Gasteiger partial charge < -0.3 is 9.80 Å². The van der Waals surface area contributed by atoms with E-state index in [4.69, 9.17) is 11.6 Å². The molecular weight excluding hydrogens is 422 g/mol. The lowest BCUT2D eigenvalue weighted by atomic mass is 10.2. The van der Waals surface area contributed by atoms with Crippen LogP contribution in [0.5, 0.6) is 0 Å². The number of nitrogens with zero attached hydrogens (tertiary/aromatic N) is 5. The number of aromatic nitrogens is 2. The van der Waals surface area contributed by atoms with Crippen LogP contribution in [0, 0.1) is 10.1 Å². The third kappa shape index (κ3) is 4.26. The minimum atomic E-state index is -0.463. The van der Waals surface area contributed by atoms with E-state index >= 15 is 0 Å². The van der Waals surface area contributed by atoms with E-state index in [-0.39, 0.29) is 22.8 Å². The van der Waals surface area contributed by atoms with Gasteiger partial charge in [-0.05, 0) is 30.3 Å². The van der Waals surface area contributed by atoms with Gasteiger partial charge in [-0.2, -0.15) is 9.78 Å². The van der Waals surface area contributed by atoms with Gasteiger partial charge in [0.15, 0.2) is 0 Å². The van der Waals surface area contributed by atoms with E-state index in [0.717, 1.165) is 0 Å². The van der Waals surface area contributed by atoms with Crippen LogP contribution in [0.4, 0.5) is 11.4 Å². The maximum Gasteiger partial charge on any atom is 0.294 e. The number of hydrogen-bond acceptors (Lipinski definition) is 6. The number of para-hydroxylation sites is 1. The average Bonchev–Trinajstić information content (AvgIpc) is 2.79. The number of nitro groups is 1. The molecule has 1 fully saturated rings. The number of piperazine rings is 1. The summed E-state index contributed by atoms with van der Waals surface area (Å²) in [5.74, 6) is -0.296. The molecule has 9 nitrogen and oxygen atoms in total. The quantitative estimate of drug-likeness (QED) is 0.457. The van der Waals surface area contributed by atoms with Crippen LogP contribution in [0.3, 0.4) is 0 Å². The Balaban J connectivity index is 1.51. The highest BCUT2D eigenvalue weighted by Crippen LogP contribution is 2.31. The topological polar surface area (TPSA) is 102 Å². The van der Waals surface area contributed by atoms with Gasteiger partial charge >= 0.3 is 0 Å². The van der Waals surface area contributed by atoms with E-state index in [1.165, 1.54) is 22.9 Å². The lowest BCUT2D eigenvalue weighted by Crippen LogP contribution is -2.49. The Bertz CT molecular complexity index is 1190. The summed E-state index contributed by atoms with van der Waals surface area (Å²) in [5.41, 5.74) is 0.806. The van der Waals surface area contributed by atoms with Crippen LogP contribution >= 0.6 is 11.6 Å². The molecule has 1 aliphatic rings. The van der Waals surface area contributed by atoms with E-state index in [1.807, 2.05) is 11.0 Å². The van der Waals surface area contributed by atoms with Crippen molar-refractivity contribution in [3.63, 3.8) is 0 Å². The fourth-order valence-electron chi connectivity index (χ4n) is 3.50. The SMILES string of the molecule is O=C(c1ccc(=O)n(-c2ccccc2)n1)N1CCN(c2ccc(Cl)cc2[N+](=O)[O-])CC1. The van der Waals surface area contributed by atoms with Crippen molar-refractivity contribution < 1.29 is 9.72 Å². The summed E-state index contributed by atoms with van der Waals surface area (Å²) in [6.45, 7) is 1.58. The first-order valence-corrected chi connectivity index (χ1v) is 9.96. The third-order valence-corrected chi connectivity index (χ3v) is 5.30. The lowest BCUT2D eigenvalue weighted by Gasteiger charge is -2.35. The van der Waals surface area contributed by atoms with Crippen LogP contribution in [0.25, 0.3) is 5.69 Å². The standard InChI is InChI=1S/C21H18ClN5O4/c22-15-6-8-18(19(14-15)27(30)31)24-10-12-25(13-11-24)21(29)17-7-9-20(28)26(23-17)16-4-2-1-3-5-16/h1-9,14H,10-13H2. The molecule has 0 bridgehead atoms. The first-order valence-electron chi connectivity index (χ1n) is 9.58. The Morgan fingerprint density at radius 2 is 1.71 bits per heavy atom. The van der Waals surface area contributed by atoms with Gasteiger partial charge in [0.2, 0.25) is 0 Å². The van der Waals surface area contributed by atoms with Gasteiger partial charge in [-0.15, -0.1) is 0 Å². The maximum absolute atomic E-state index is 13.0. The molecule has 0 spiro atoms. The molecule has 0 N–H and O–H groups in total. The number of benzene rings is 2. The minimum absolute atomic E-state index is 0.0659. The van der Waals surface area contributed by atoms with E-state index in [1.54, 1.807) is 41.3 Å².